The summed E-state index contributed by atoms with van der Waals surface area (Å²) in [6.45, 7) is 1.20. The fourth-order valence-corrected chi connectivity index (χ4v) is 6.27. The van der Waals surface area contributed by atoms with E-state index < -0.39 is 21.8 Å². The van der Waals surface area contributed by atoms with Gasteiger partial charge in [0.2, 0.25) is 11.8 Å². The van der Waals surface area contributed by atoms with Crippen LogP contribution in [0.1, 0.15) is 42.7 Å². The van der Waals surface area contributed by atoms with E-state index in [1.165, 1.54) is 5.56 Å². The van der Waals surface area contributed by atoms with Crippen molar-refractivity contribution < 1.29 is 31.1 Å². The molecule has 1 amide bonds. The number of fused-ring (bicyclic) bond motifs is 1. The lowest BCUT2D eigenvalue weighted by molar-refractivity contribution is -0.137. The van der Waals surface area contributed by atoms with Crippen LogP contribution in [0.5, 0.6) is 5.88 Å². The number of carbonyl (C=O) groups is 1. The van der Waals surface area contributed by atoms with Gasteiger partial charge in [-0.1, -0.05) is 6.07 Å². The van der Waals surface area contributed by atoms with Crippen LogP contribution in [-0.2, 0) is 21.0 Å². The van der Waals surface area contributed by atoms with Gasteiger partial charge in [0.1, 0.15) is 0 Å². The molecule has 2 aromatic heterocycles. The van der Waals surface area contributed by atoms with Gasteiger partial charge in [0, 0.05) is 36.8 Å². The Morgan fingerprint density at radius 2 is 1.85 bits per heavy atom. The molecule has 3 heterocycles. The molecule has 10 nitrogen and oxygen atoms in total. The zero-order valence-electron chi connectivity index (χ0n) is 22.1. The highest BCUT2D eigenvalue weighted by molar-refractivity contribution is 7.89. The van der Waals surface area contributed by atoms with Crippen molar-refractivity contribution in [2.75, 3.05) is 38.3 Å². The summed E-state index contributed by atoms with van der Waals surface area (Å²) in [6, 6.07) is 7.08. The van der Waals surface area contributed by atoms with E-state index in [4.69, 9.17) is 4.74 Å². The minimum Gasteiger partial charge on any atom is -0.481 e. The van der Waals surface area contributed by atoms with Crippen molar-refractivity contribution in [3.8, 4) is 5.88 Å². The van der Waals surface area contributed by atoms with E-state index in [1.54, 1.807) is 7.11 Å². The molecule has 2 aliphatic rings. The molecule has 0 radical (unpaired) electrons. The molecule has 1 aromatic carbocycles. The maximum Gasteiger partial charge on any atom is 0.416 e. The summed E-state index contributed by atoms with van der Waals surface area (Å²) in [5.74, 6) is 0.621. The summed E-state index contributed by atoms with van der Waals surface area (Å²) < 4.78 is 69.7. The number of anilines is 1. The van der Waals surface area contributed by atoms with Crippen molar-refractivity contribution in [2.45, 2.75) is 49.9 Å². The normalized spacial score (nSPS) is 20.7. The number of carbonyl (C=O) groups excluding carboxylic acids is 1. The number of benzene rings is 1. The average molecular weight is 581 g/mol. The van der Waals surface area contributed by atoms with Gasteiger partial charge in [0.05, 0.1) is 37.0 Å². The van der Waals surface area contributed by atoms with E-state index >= 15 is 0 Å². The van der Waals surface area contributed by atoms with Crippen LogP contribution in [0.3, 0.4) is 0 Å². The van der Waals surface area contributed by atoms with Gasteiger partial charge in [-0.2, -0.15) is 17.3 Å². The van der Waals surface area contributed by atoms with Crippen molar-refractivity contribution >= 4 is 32.7 Å². The van der Waals surface area contributed by atoms with E-state index in [9.17, 15) is 26.4 Å². The maximum atomic E-state index is 13.2. The molecule has 0 atom stereocenters. The second-order valence-electron chi connectivity index (χ2n) is 10.4. The number of ether oxygens (including phenoxy) is 1. The predicted molar refractivity (Wildman–Crippen MR) is 143 cm³/mol. The Labute approximate surface area is 229 Å². The van der Waals surface area contributed by atoms with Crippen LogP contribution in [0.15, 0.2) is 36.5 Å². The molecule has 3 aromatic rings. The average Bonchev–Trinajstić information content (AvgIpc) is 3.28. The van der Waals surface area contributed by atoms with Crippen LogP contribution in [-0.4, -0.2) is 78.5 Å². The minimum atomic E-state index is -4.61. The zero-order chi connectivity index (χ0) is 28.7. The van der Waals surface area contributed by atoms with E-state index in [2.05, 4.69) is 31.7 Å². The number of alkyl halides is 3. The molecule has 1 aliphatic heterocycles. The number of nitrogens with zero attached hydrogens (tertiary/aromatic N) is 4. The third-order valence-electron chi connectivity index (χ3n) is 7.63. The Kier molecular flexibility index (Phi) is 7.66. The summed E-state index contributed by atoms with van der Waals surface area (Å²) in [5.41, 5.74) is 0.278. The smallest absolute Gasteiger partial charge is 0.416 e. The number of rotatable bonds is 8. The number of hydrogen-bond donors (Lipinski definition) is 2. The monoisotopic (exact) mass is 580 g/mol. The summed E-state index contributed by atoms with van der Waals surface area (Å²) >= 11 is 0. The fraction of sp³-hybridized carbons (Fsp3) is 0.500. The Morgan fingerprint density at radius 1 is 1.12 bits per heavy atom. The molecule has 0 spiro atoms. The molecule has 2 fully saturated rings. The molecule has 216 valence electrons. The van der Waals surface area contributed by atoms with Gasteiger partial charge >= 0.3 is 6.18 Å². The molecular weight excluding hydrogens is 549 g/mol. The molecule has 2 N–H and O–H groups in total. The molecule has 1 aliphatic carbocycles. The Balaban J connectivity index is 1.12. The maximum absolute atomic E-state index is 13.2. The highest BCUT2D eigenvalue weighted by atomic mass is 32.2. The van der Waals surface area contributed by atoms with Crippen LogP contribution in [0.25, 0.3) is 10.9 Å². The van der Waals surface area contributed by atoms with Crippen molar-refractivity contribution in [2.24, 2.45) is 0 Å². The largest absolute Gasteiger partial charge is 0.481 e. The molecule has 14 heteroatoms. The molecule has 1 saturated carbocycles. The Morgan fingerprint density at radius 3 is 2.45 bits per heavy atom. The summed E-state index contributed by atoms with van der Waals surface area (Å²) in [4.78, 5) is 19.2. The van der Waals surface area contributed by atoms with Crippen LogP contribution >= 0.6 is 0 Å². The molecule has 0 bridgehead atoms. The van der Waals surface area contributed by atoms with Gasteiger partial charge in [-0.15, -0.1) is 5.10 Å². The lowest BCUT2D eigenvalue weighted by atomic mass is 9.81. The van der Waals surface area contributed by atoms with Crippen molar-refractivity contribution in [1.82, 2.24) is 24.4 Å². The van der Waals surface area contributed by atoms with Gasteiger partial charge in [0.25, 0.3) is 10.0 Å². The van der Waals surface area contributed by atoms with E-state index in [0.717, 1.165) is 63.2 Å². The van der Waals surface area contributed by atoms with Crippen LogP contribution in [0.2, 0.25) is 0 Å². The number of halogens is 3. The standard InChI is InChI=1S/C26H31F3N6O4S/c1-39-24-10-5-17(12-30-24)16-3-7-20(8-4-16)34-14-19(15-34)32-23(36)13-31-25-21-11-18(26(27,28)29)6-9-22(21)35(33-25)40(2,37)38/h5-6,9-12,16,19-20H,3-4,7-8,13-15H2,1-2H3,(H,31,33)(H,32,36)/t16-,20+. The number of likely N-dealkylation sites (tertiary alicyclic amines) is 1. The van der Waals surface area contributed by atoms with E-state index in [0.29, 0.717) is 21.9 Å². The number of aromatic nitrogens is 3. The summed E-state index contributed by atoms with van der Waals surface area (Å²) in [5, 5.41) is 9.53. The SMILES string of the molecule is COc1ccc([C@H]2CC[C@@H](N3CC(NC(=O)CNc4nn(S(C)(=O)=O)c5ccc(C(F)(F)F)cc45)C3)CC2)cn1. The predicted octanol–water partition coefficient (Wildman–Crippen LogP) is 3.21. The lowest BCUT2D eigenvalue weighted by Gasteiger charge is -2.46. The highest BCUT2D eigenvalue weighted by Crippen LogP contribution is 2.36. The van der Waals surface area contributed by atoms with Gasteiger partial charge < -0.3 is 15.4 Å². The molecular formula is C26H31F3N6O4S. The number of hydrogen-bond acceptors (Lipinski definition) is 8. The fourth-order valence-electron chi connectivity index (χ4n) is 5.52. The third-order valence-corrected chi connectivity index (χ3v) is 8.54. The van der Waals surface area contributed by atoms with Crippen LogP contribution in [0, 0.1) is 0 Å². The second kappa shape index (κ2) is 10.9. The highest BCUT2D eigenvalue weighted by Gasteiger charge is 2.36. The first-order valence-corrected chi connectivity index (χ1v) is 14.8. The van der Waals surface area contributed by atoms with Crippen LogP contribution < -0.4 is 15.4 Å². The lowest BCUT2D eigenvalue weighted by Crippen LogP contribution is -2.63. The first kappa shape index (κ1) is 28.1. The molecule has 1 saturated heterocycles. The zero-order valence-corrected chi connectivity index (χ0v) is 22.9. The Bertz CT molecular complexity index is 1480. The van der Waals surface area contributed by atoms with Crippen LogP contribution in [0.4, 0.5) is 19.0 Å². The molecule has 0 unspecified atom stereocenters. The second-order valence-corrected chi connectivity index (χ2v) is 12.2. The quantitative estimate of drug-likeness (QED) is 0.417. The van der Waals surface area contributed by atoms with Gasteiger partial charge in [-0.3, -0.25) is 9.69 Å². The number of amides is 1. The molecule has 5 rings (SSSR count). The van der Waals surface area contributed by atoms with Crippen molar-refractivity contribution in [3.05, 3.63) is 47.7 Å². The summed E-state index contributed by atoms with van der Waals surface area (Å²) in [6.07, 6.45) is 2.44. The topological polar surface area (TPSA) is 118 Å². The first-order chi connectivity index (χ1) is 18.9. The number of pyridine rings is 1. The third kappa shape index (κ3) is 6.02. The number of methoxy groups -OCH3 is 1. The minimum absolute atomic E-state index is 0.00832. The first-order valence-electron chi connectivity index (χ1n) is 13.0. The Hall–Kier alpha value is -3.39. The van der Waals surface area contributed by atoms with E-state index in [1.807, 2.05) is 12.3 Å². The number of nitrogens with one attached hydrogen (secondary N) is 2. The van der Waals surface area contributed by atoms with Crippen molar-refractivity contribution in [1.29, 1.82) is 0 Å². The van der Waals surface area contributed by atoms with Gasteiger partial charge in [-0.25, -0.2) is 13.4 Å². The van der Waals surface area contributed by atoms with Crippen molar-refractivity contribution in [3.63, 3.8) is 0 Å². The van der Waals surface area contributed by atoms with Gasteiger partial charge in [-0.05, 0) is 55.4 Å². The van der Waals surface area contributed by atoms with Gasteiger partial charge in [0.15, 0.2) is 5.82 Å². The molecule has 40 heavy (non-hydrogen) atoms. The van der Waals surface area contributed by atoms with E-state index in [-0.39, 0.29) is 35.2 Å². The summed E-state index contributed by atoms with van der Waals surface area (Å²) in [7, 11) is -2.28.